The topological polar surface area (TPSA) is 35.9 Å². The predicted molar refractivity (Wildman–Crippen MR) is 260 cm³/mol. The van der Waals surface area contributed by atoms with Crippen molar-refractivity contribution in [1.82, 2.24) is 14.1 Å². The Morgan fingerprint density at radius 2 is 1.32 bits per heavy atom. The van der Waals surface area contributed by atoms with Gasteiger partial charge in [0.15, 0.2) is 0 Å². The van der Waals surface area contributed by atoms with Crippen LogP contribution >= 0.6 is 0 Å². The summed E-state index contributed by atoms with van der Waals surface area (Å²) in [7, 11) is 0. The average Bonchev–Trinajstić information content (AvgIpc) is 3.90. The summed E-state index contributed by atoms with van der Waals surface area (Å²) >= 11 is 0. The van der Waals surface area contributed by atoms with Crippen molar-refractivity contribution in [2.75, 3.05) is 0 Å². The second-order valence-electron chi connectivity index (χ2n) is 18.2. The molecule has 310 valence electrons. The molecule has 3 aromatic heterocycles. The smallest absolute Gasteiger partial charge is 0.269 e. The number of rotatable bonds is 8. The minimum atomic E-state index is -0.412. The Kier molecular flexibility index (Phi) is 8.26. The Bertz CT molecular complexity index is 3640. The van der Waals surface area contributed by atoms with Crippen molar-refractivity contribution >= 4 is 32.8 Å². The van der Waals surface area contributed by atoms with E-state index in [4.69, 9.17) is 10.2 Å². The Labute approximate surface area is 378 Å². The molecule has 10 aromatic rings. The molecule has 0 aliphatic carbocycles. The van der Waals surface area contributed by atoms with Crippen LogP contribution in [0.3, 0.4) is 0 Å². The van der Waals surface area contributed by atoms with Crippen LogP contribution in [0.1, 0.15) is 73.4 Å². The summed E-state index contributed by atoms with van der Waals surface area (Å²) in [6.45, 7) is 15.6. The molecule has 0 radical (unpaired) electrons. The molecule has 0 spiro atoms. The van der Waals surface area contributed by atoms with E-state index in [0.717, 1.165) is 50.2 Å². The second-order valence-corrected chi connectivity index (χ2v) is 18.2. The zero-order valence-electron chi connectivity index (χ0n) is 42.7. The van der Waals surface area contributed by atoms with Gasteiger partial charge in [-0.05, 0) is 105 Å². The van der Waals surface area contributed by atoms with E-state index in [9.17, 15) is 2.74 Å². The molecule has 0 aliphatic heterocycles. The summed E-state index contributed by atoms with van der Waals surface area (Å²) in [5, 5.41) is 0.378. The van der Waals surface area contributed by atoms with E-state index in [1.807, 2.05) is 60.0 Å². The third-order valence-corrected chi connectivity index (χ3v) is 11.9. The van der Waals surface area contributed by atoms with Gasteiger partial charge < -0.3 is 4.74 Å². The maximum atomic E-state index is 9.35. The molecule has 0 amide bonds. The van der Waals surface area contributed by atoms with Gasteiger partial charge in [-0.15, -0.1) is 0 Å². The number of pyridine rings is 1. The van der Waals surface area contributed by atoms with Crippen LogP contribution in [-0.4, -0.2) is 14.1 Å². The Morgan fingerprint density at radius 3 is 2.08 bits per heavy atom. The van der Waals surface area contributed by atoms with E-state index in [1.54, 1.807) is 22.9 Å². The van der Waals surface area contributed by atoms with Crippen molar-refractivity contribution in [1.29, 1.82) is 0 Å². The first kappa shape index (κ1) is 33.4. The van der Waals surface area contributed by atoms with Crippen LogP contribution in [-0.2, 0) is 17.3 Å². The van der Waals surface area contributed by atoms with Gasteiger partial charge >= 0.3 is 0 Å². The molecule has 0 saturated carbocycles. The van der Waals surface area contributed by atoms with Gasteiger partial charge in [0, 0.05) is 23.0 Å². The lowest BCUT2D eigenvalue weighted by Gasteiger charge is -2.27. The molecule has 10 rings (SSSR count). The van der Waals surface area contributed by atoms with Crippen molar-refractivity contribution in [3.8, 4) is 50.9 Å². The SMILES string of the molecule is [2H]c1c(Oc2cccc(-n3[c-][n+](-c4c(-c5ccccc5)cccc4-c4cc(C(C)(C)C)cc(C(C)(C)C)c4)c4ccccc43)c2)cc2c(c1[2H])c1c([2H])c([2H])c([2H])c([2H])c1n2-c1cc(CC)ccn1. The van der Waals surface area contributed by atoms with Gasteiger partial charge in [0.1, 0.15) is 17.3 Å². The van der Waals surface area contributed by atoms with E-state index < -0.39 is 12.1 Å². The first-order valence-electron chi connectivity index (χ1n) is 24.5. The van der Waals surface area contributed by atoms with Crippen molar-refractivity contribution < 1.29 is 17.5 Å². The number of fused-ring (bicyclic) bond motifs is 4. The maximum Gasteiger partial charge on any atom is 0.269 e. The summed E-state index contributed by atoms with van der Waals surface area (Å²) < 4.78 is 66.1. The maximum absolute atomic E-state index is 9.35. The number of aryl methyl sites for hydroxylation is 1. The van der Waals surface area contributed by atoms with Crippen LogP contribution in [0.4, 0.5) is 0 Å². The fraction of sp³-hybridized carbons (Fsp3) is 0.172. The number of ether oxygens (including phenoxy) is 1. The summed E-state index contributed by atoms with van der Waals surface area (Å²) in [5.74, 6) is 0.927. The van der Waals surface area contributed by atoms with Crippen LogP contribution in [0.15, 0.2) is 176 Å². The lowest BCUT2D eigenvalue weighted by atomic mass is 9.78. The van der Waals surface area contributed by atoms with Crippen molar-refractivity contribution in [2.45, 2.75) is 65.7 Å². The van der Waals surface area contributed by atoms with Gasteiger partial charge in [0.2, 0.25) is 0 Å². The lowest BCUT2D eigenvalue weighted by Crippen LogP contribution is -2.31. The number of hydrogen-bond acceptors (Lipinski definition) is 2. The van der Waals surface area contributed by atoms with Crippen molar-refractivity contribution in [2.24, 2.45) is 0 Å². The fourth-order valence-corrected chi connectivity index (χ4v) is 8.41. The zero-order valence-corrected chi connectivity index (χ0v) is 36.7. The molecule has 5 heteroatoms. The molecule has 0 fully saturated rings. The molecule has 0 N–H and O–H groups in total. The van der Waals surface area contributed by atoms with E-state index in [0.29, 0.717) is 23.5 Å². The second kappa shape index (κ2) is 15.6. The van der Waals surface area contributed by atoms with E-state index in [-0.39, 0.29) is 57.0 Å². The third-order valence-electron chi connectivity index (χ3n) is 11.9. The third kappa shape index (κ3) is 7.38. The molecule has 63 heavy (non-hydrogen) atoms. The van der Waals surface area contributed by atoms with Crippen LogP contribution in [0.25, 0.3) is 72.3 Å². The molecule has 5 nitrogen and oxygen atoms in total. The first-order valence-corrected chi connectivity index (χ1v) is 21.5. The van der Waals surface area contributed by atoms with Crippen molar-refractivity contribution in [3.63, 3.8) is 0 Å². The molecule has 0 aliphatic rings. The van der Waals surface area contributed by atoms with E-state index in [1.165, 1.54) is 11.1 Å². The van der Waals surface area contributed by atoms with Crippen molar-refractivity contribution in [3.05, 3.63) is 199 Å². The fourth-order valence-electron chi connectivity index (χ4n) is 8.41. The highest BCUT2D eigenvalue weighted by Gasteiger charge is 2.25. The van der Waals surface area contributed by atoms with Gasteiger partial charge in [-0.25, -0.2) is 4.98 Å². The molecule has 3 heterocycles. The molecule has 0 unspecified atom stereocenters. The highest BCUT2D eigenvalue weighted by molar-refractivity contribution is 6.09. The Morgan fingerprint density at radius 1 is 0.619 bits per heavy atom. The number of benzene rings is 7. The van der Waals surface area contributed by atoms with Gasteiger partial charge in [0.25, 0.3) is 6.33 Å². The van der Waals surface area contributed by atoms with Crippen LogP contribution < -0.4 is 9.30 Å². The summed E-state index contributed by atoms with van der Waals surface area (Å²) in [6.07, 6.45) is 6.16. The van der Waals surface area contributed by atoms with Crippen LogP contribution in [0, 0.1) is 6.33 Å². The Hall–Kier alpha value is -7.24. The normalized spacial score (nSPS) is 13.4. The molecular formula is C58H52N4O. The van der Waals surface area contributed by atoms with Crippen LogP contribution in [0.2, 0.25) is 0 Å². The lowest BCUT2D eigenvalue weighted by molar-refractivity contribution is -0.571. The monoisotopic (exact) mass is 826 g/mol. The quantitative estimate of drug-likeness (QED) is 0.113. The first-order chi connectivity index (χ1) is 32.9. The number of imidazole rings is 1. The number of para-hydroxylation sites is 4. The van der Waals surface area contributed by atoms with Gasteiger partial charge in [0.05, 0.1) is 41.7 Å². The molecular weight excluding hydrogens is 769 g/mol. The highest BCUT2D eigenvalue weighted by Crippen LogP contribution is 2.40. The van der Waals surface area contributed by atoms with Gasteiger partial charge in [-0.3, -0.25) is 13.7 Å². The highest BCUT2D eigenvalue weighted by atomic mass is 16.5. The molecule has 0 atom stereocenters. The largest absolute Gasteiger partial charge is 0.458 e. The number of hydrogen-bond donors (Lipinski definition) is 0. The number of aromatic nitrogens is 4. The molecule has 0 bridgehead atoms. The van der Waals surface area contributed by atoms with E-state index in [2.05, 4.69) is 130 Å². The minimum absolute atomic E-state index is 0.0839. The molecule has 7 aromatic carbocycles. The average molecular weight is 827 g/mol. The van der Waals surface area contributed by atoms with Crippen LogP contribution in [0.5, 0.6) is 11.5 Å². The van der Waals surface area contributed by atoms with Gasteiger partial charge in [-0.1, -0.05) is 164 Å². The summed E-state index contributed by atoms with van der Waals surface area (Å²) in [4.78, 5) is 4.64. The summed E-state index contributed by atoms with van der Waals surface area (Å²) in [6, 6.07) is 43.4. The minimum Gasteiger partial charge on any atom is -0.458 e. The zero-order chi connectivity index (χ0) is 48.7. The van der Waals surface area contributed by atoms with Gasteiger partial charge in [-0.2, -0.15) is 0 Å². The van der Waals surface area contributed by atoms with E-state index >= 15 is 0 Å². The number of nitrogens with zero attached hydrogens (tertiary/aromatic N) is 4. The standard InChI is InChI=1S/C58H52N4O/c1-8-39-30-31-59-55(32-39)62-51-25-13-12-22-49(51)50-29-28-46(37-54(50)62)63-45-21-16-20-44(36-45)60-38-61(53-27-15-14-26-52(53)60)56-47(40-18-10-9-11-19-40)23-17-24-48(56)41-33-42(57(2,3)4)35-43(34-41)58(5,6)7/h9-37H,8H2,1-7H3/i12D,13D,22D,25D,28D,29D. The summed E-state index contributed by atoms with van der Waals surface area (Å²) in [5.41, 5.74) is 11.8. The Balaban J connectivity index is 1.15. The predicted octanol–water partition coefficient (Wildman–Crippen LogP) is 14.5. The molecule has 0 saturated heterocycles.